The van der Waals surface area contributed by atoms with Crippen LogP contribution in [0.1, 0.15) is 46.3 Å². The van der Waals surface area contributed by atoms with Gasteiger partial charge in [-0.15, -0.1) is 0 Å². The Hall–Kier alpha value is -3.21. The van der Waals surface area contributed by atoms with Crippen LogP contribution in [-0.2, 0) is 26.6 Å². The van der Waals surface area contributed by atoms with Crippen LogP contribution in [0.4, 0.5) is 11.4 Å². The predicted molar refractivity (Wildman–Crippen MR) is 150 cm³/mol. The van der Waals surface area contributed by atoms with Crippen molar-refractivity contribution in [2.45, 2.75) is 44.6 Å². The molecule has 0 aliphatic carbocycles. The first-order valence-electron chi connectivity index (χ1n) is 12.5. The number of nitrogens with zero attached hydrogens (tertiary/aromatic N) is 2. The van der Waals surface area contributed by atoms with Gasteiger partial charge in [0.25, 0.3) is 5.91 Å². The second kappa shape index (κ2) is 11.3. The molecule has 1 heterocycles. The highest BCUT2D eigenvalue weighted by molar-refractivity contribution is 7.92. The van der Waals surface area contributed by atoms with Gasteiger partial charge in [-0.25, -0.2) is 16.8 Å². The molecular formula is C28H33N3O5S2. The highest BCUT2D eigenvalue weighted by Crippen LogP contribution is 2.28. The lowest BCUT2D eigenvalue weighted by Gasteiger charge is -2.26. The Morgan fingerprint density at radius 1 is 0.842 bits per heavy atom. The van der Waals surface area contributed by atoms with Gasteiger partial charge in [-0.1, -0.05) is 36.8 Å². The maximum absolute atomic E-state index is 12.8. The molecule has 10 heteroatoms. The second-order valence-corrected chi connectivity index (χ2v) is 13.5. The van der Waals surface area contributed by atoms with Gasteiger partial charge in [-0.3, -0.25) is 9.10 Å². The van der Waals surface area contributed by atoms with E-state index in [1.165, 1.54) is 27.0 Å². The maximum atomic E-state index is 12.8. The number of amides is 1. The molecule has 1 aliphatic rings. The van der Waals surface area contributed by atoms with E-state index in [1.807, 2.05) is 32.0 Å². The van der Waals surface area contributed by atoms with Crippen molar-refractivity contribution in [2.24, 2.45) is 0 Å². The van der Waals surface area contributed by atoms with E-state index in [0.29, 0.717) is 30.0 Å². The smallest absolute Gasteiger partial charge is 0.255 e. The van der Waals surface area contributed by atoms with Crippen molar-refractivity contribution in [2.75, 3.05) is 29.0 Å². The highest BCUT2D eigenvalue weighted by atomic mass is 32.2. The van der Waals surface area contributed by atoms with Crippen LogP contribution in [0.2, 0.25) is 0 Å². The number of sulfonamides is 2. The van der Waals surface area contributed by atoms with Crippen LogP contribution in [0.5, 0.6) is 0 Å². The quantitative estimate of drug-likeness (QED) is 0.434. The molecule has 1 amide bonds. The third-order valence-corrected chi connectivity index (χ3v) is 9.72. The fourth-order valence-electron chi connectivity index (χ4n) is 4.66. The highest BCUT2D eigenvalue weighted by Gasteiger charge is 2.26. The molecule has 0 unspecified atom stereocenters. The first-order chi connectivity index (χ1) is 18.0. The number of anilines is 2. The SMILES string of the molecule is Cc1cccc(C)c1N(Cc1ccc(C(=O)Nc2ccc(S(=O)(=O)N3CCCCC3)cc2)cc1)S(C)(=O)=O. The van der Waals surface area contributed by atoms with Crippen LogP contribution >= 0.6 is 0 Å². The molecule has 0 spiro atoms. The van der Waals surface area contributed by atoms with Crippen LogP contribution in [0.3, 0.4) is 0 Å². The van der Waals surface area contributed by atoms with E-state index in [0.717, 1.165) is 36.0 Å². The predicted octanol–water partition coefficient (Wildman–Crippen LogP) is 4.70. The zero-order chi connectivity index (χ0) is 27.5. The molecule has 38 heavy (non-hydrogen) atoms. The zero-order valence-electron chi connectivity index (χ0n) is 21.8. The van der Waals surface area contributed by atoms with Crippen LogP contribution < -0.4 is 9.62 Å². The lowest BCUT2D eigenvalue weighted by Crippen LogP contribution is -2.35. The van der Waals surface area contributed by atoms with Crippen molar-refractivity contribution in [1.29, 1.82) is 0 Å². The first-order valence-corrected chi connectivity index (χ1v) is 15.8. The van der Waals surface area contributed by atoms with Crippen molar-refractivity contribution in [3.05, 3.63) is 89.0 Å². The topological polar surface area (TPSA) is 104 Å². The molecule has 1 aliphatic heterocycles. The number of carbonyl (C=O) groups is 1. The lowest BCUT2D eigenvalue weighted by molar-refractivity contribution is 0.102. The largest absolute Gasteiger partial charge is 0.322 e. The Morgan fingerprint density at radius 3 is 1.97 bits per heavy atom. The van der Waals surface area contributed by atoms with Gasteiger partial charge in [0.05, 0.1) is 23.4 Å². The van der Waals surface area contributed by atoms with Crippen molar-refractivity contribution < 1.29 is 21.6 Å². The van der Waals surface area contributed by atoms with E-state index in [1.54, 1.807) is 36.4 Å². The number of carbonyl (C=O) groups excluding carboxylic acids is 1. The summed E-state index contributed by atoms with van der Waals surface area (Å²) in [7, 11) is -7.08. The lowest BCUT2D eigenvalue weighted by atomic mass is 10.1. The fraction of sp³-hybridized carbons (Fsp3) is 0.321. The number of para-hydroxylation sites is 1. The third kappa shape index (κ3) is 6.25. The molecule has 0 atom stereocenters. The Bertz CT molecular complexity index is 1490. The molecule has 3 aromatic rings. The number of hydrogen-bond donors (Lipinski definition) is 1. The summed E-state index contributed by atoms with van der Waals surface area (Å²) < 4.78 is 53.8. The maximum Gasteiger partial charge on any atom is 0.255 e. The molecule has 4 rings (SSSR count). The molecule has 3 aromatic carbocycles. The molecule has 1 N–H and O–H groups in total. The summed E-state index contributed by atoms with van der Waals surface area (Å²) in [6, 6.07) is 18.6. The molecule has 0 saturated carbocycles. The molecule has 1 fully saturated rings. The molecule has 202 valence electrons. The van der Waals surface area contributed by atoms with Gasteiger partial charge in [0.15, 0.2) is 0 Å². The molecule has 8 nitrogen and oxygen atoms in total. The molecule has 1 saturated heterocycles. The van der Waals surface area contributed by atoms with Gasteiger partial charge in [0.1, 0.15) is 0 Å². The minimum absolute atomic E-state index is 0.138. The van der Waals surface area contributed by atoms with Gasteiger partial charge in [0.2, 0.25) is 20.0 Å². The van der Waals surface area contributed by atoms with E-state index in [4.69, 9.17) is 0 Å². The molecule has 0 bridgehead atoms. The Balaban J connectivity index is 1.45. The summed E-state index contributed by atoms with van der Waals surface area (Å²) in [6.45, 7) is 4.96. The van der Waals surface area contributed by atoms with Crippen molar-refractivity contribution in [1.82, 2.24) is 4.31 Å². The summed E-state index contributed by atoms with van der Waals surface area (Å²) in [4.78, 5) is 13.0. The molecular weight excluding hydrogens is 522 g/mol. The van der Waals surface area contributed by atoms with Gasteiger partial charge < -0.3 is 5.32 Å². The van der Waals surface area contributed by atoms with Crippen LogP contribution in [0.25, 0.3) is 0 Å². The number of piperidine rings is 1. The van der Waals surface area contributed by atoms with Crippen LogP contribution in [0, 0.1) is 13.8 Å². The fourth-order valence-corrected chi connectivity index (χ4v) is 7.18. The van der Waals surface area contributed by atoms with E-state index in [9.17, 15) is 21.6 Å². The number of rotatable bonds is 8. The van der Waals surface area contributed by atoms with Gasteiger partial charge >= 0.3 is 0 Å². The number of hydrogen-bond acceptors (Lipinski definition) is 5. The first kappa shape index (κ1) is 27.8. The van der Waals surface area contributed by atoms with E-state index in [-0.39, 0.29) is 17.3 Å². The monoisotopic (exact) mass is 555 g/mol. The summed E-state index contributed by atoms with van der Waals surface area (Å²) >= 11 is 0. The second-order valence-electron chi connectivity index (χ2n) is 9.65. The van der Waals surface area contributed by atoms with Crippen molar-refractivity contribution in [3.8, 4) is 0 Å². The Labute approximate surface area is 225 Å². The van der Waals surface area contributed by atoms with Gasteiger partial charge in [0, 0.05) is 24.3 Å². The number of aryl methyl sites for hydroxylation is 2. The normalized spacial score (nSPS) is 14.7. The van der Waals surface area contributed by atoms with Gasteiger partial charge in [-0.2, -0.15) is 4.31 Å². The van der Waals surface area contributed by atoms with E-state index >= 15 is 0 Å². The van der Waals surface area contributed by atoms with Gasteiger partial charge in [-0.05, 0) is 79.8 Å². The average Bonchev–Trinajstić information content (AvgIpc) is 2.88. The van der Waals surface area contributed by atoms with Crippen LogP contribution in [-0.4, -0.2) is 46.4 Å². The summed E-state index contributed by atoms with van der Waals surface area (Å²) in [5, 5.41) is 2.79. The van der Waals surface area contributed by atoms with E-state index < -0.39 is 20.0 Å². The Kier molecular flexibility index (Phi) is 8.25. The summed E-state index contributed by atoms with van der Waals surface area (Å²) in [6.07, 6.45) is 3.96. The number of benzene rings is 3. The molecule has 0 aromatic heterocycles. The Morgan fingerprint density at radius 2 is 1.42 bits per heavy atom. The minimum atomic E-state index is -3.54. The third-order valence-electron chi connectivity index (χ3n) is 6.70. The van der Waals surface area contributed by atoms with Crippen molar-refractivity contribution in [3.63, 3.8) is 0 Å². The van der Waals surface area contributed by atoms with Crippen LogP contribution in [0.15, 0.2) is 71.6 Å². The van der Waals surface area contributed by atoms with E-state index in [2.05, 4.69) is 5.32 Å². The summed E-state index contributed by atoms with van der Waals surface area (Å²) in [5.74, 6) is -0.349. The van der Waals surface area contributed by atoms with Crippen molar-refractivity contribution >= 4 is 37.3 Å². The average molecular weight is 556 g/mol. The zero-order valence-corrected chi connectivity index (χ0v) is 23.5. The summed E-state index contributed by atoms with van der Waals surface area (Å²) in [5.41, 5.74) is 4.00. The number of nitrogens with one attached hydrogen (secondary N) is 1. The molecule has 0 radical (unpaired) electrons. The standard InChI is InChI=1S/C28H33N3O5S2/c1-21-8-7-9-22(2)27(21)31(37(3,33)34)20-23-10-12-24(13-11-23)28(32)29-25-14-16-26(17-15-25)38(35,36)30-18-5-4-6-19-30/h7-17H,4-6,18-20H2,1-3H3,(H,29,32). The minimum Gasteiger partial charge on any atom is -0.322 e.